The number of ether oxygens (including phenoxy) is 1. The molecule has 124 valence electrons. The summed E-state index contributed by atoms with van der Waals surface area (Å²) in [5.41, 5.74) is -0.382. The van der Waals surface area contributed by atoms with E-state index in [4.69, 9.17) is 13.7 Å². The van der Waals surface area contributed by atoms with Crippen molar-refractivity contribution in [1.29, 1.82) is 0 Å². The molecule has 2 fully saturated rings. The van der Waals surface area contributed by atoms with E-state index < -0.39 is 0 Å². The first kappa shape index (κ1) is 14.9. The molecular weight excluding hydrogens is 294 g/mol. The zero-order chi connectivity index (χ0) is 15.7. The highest BCUT2D eigenvalue weighted by Gasteiger charge is 2.40. The second-order valence-corrected chi connectivity index (χ2v) is 6.58. The van der Waals surface area contributed by atoms with E-state index in [1.54, 1.807) is 7.11 Å². The van der Waals surface area contributed by atoms with E-state index in [9.17, 15) is 0 Å². The van der Waals surface area contributed by atoms with Gasteiger partial charge in [0, 0.05) is 7.11 Å². The van der Waals surface area contributed by atoms with Crippen LogP contribution >= 0.6 is 0 Å². The van der Waals surface area contributed by atoms with Gasteiger partial charge in [-0.2, -0.15) is 4.98 Å². The Hall–Kier alpha value is -1.66. The molecule has 0 atom stereocenters. The van der Waals surface area contributed by atoms with Gasteiger partial charge >= 0.3 is 0 Å². The lowest BCUT2D eigenvalue weighted by Gasteiger charge is -2.22. The van der Waals surface area contributed by atoms with E-state index in [1.165, 1.54) is 12.8 Å². The van der Waals surface area contributed by atoms with Crippen LogP contribution in [0.2, 0.25) is 0 Å². The van der Waals surface area contributed by atoms with Crippen LogP contribution in [0.1, 0.15) is 50.1 Å². The third kappa shape index (κ3) is 2.81. The summed E-state index contributed by atoms with van der Waals surface area (Å²) in [7, 11) is 1.72. The van der Waals surface area contributed by atoms with E-state index in [0.717, 1.165) is 51.1 Å². The highest BCUT2D eigenvalue weighted by molar-refractivity contribution is 5.44. The SMILES string of the molecule is COC1(c2noc(-c3ccc(CN4CCCC4)o3)n2)CCCC1. The fourth-order valence-electron chi connectivity index (χ4n) is 3.71. The first-order valence-corrected chi connectivity index (χ1v) is 8.50. The van der Waals surface area contributed by atoms with Crippen molar-refractivity contribution >= 4 is 0 Å². The number of rotatable bonds is 5. The summed E-state index contributed by atoms with van der Waals surface area (Å²) in [6, 6.07) is 3.91. The number of hydrogen-bond acceptors (Lipinski definition) is 6. The molecule has 2 aromatic heterocycles. The van der Waals surface area contributed by atoms with E-state index in [1.807, 2.05) is 12.1 Å². The Morgan fingerprint density at radius 2 is 1.96 bits per heavy atom. The molecule has 2 aliphatic rings. The minimum absolute atomic E-state index is 0.382. The Kier molecular flexibility index (Phi) is 3.95. The predicted molar refractivity (Wildman–Crippen MR) is 83.7 cm³/mol. The van der Waals surface area contributed by atoms with Gasteiger partial charge in [0.1, 0.15) is 11.4 Å². The fraction of sp³-hybridized carbons (Fsp3) is 0.647. The number of aromatic nitrogens is 2. The maximum atomic E-state index is 5.90. The highest BCUT2D eigenvalue weighted by atomic mass is 16.5. The topological polar surface area (TPSA) is 64.5 Å². The summed E-state index contributed by atoms with van der Waals surface area (Å²) in [4.78, 5) is 6.94. The monoisotopic (exact) mass is 317 g/mol. The average Bonchev–Trinajstić information content (AvgIpc) is 3.34. The van der Waals surface area contributed by atoms with Crippen LogP contribution < -0.4 is 0 Å². The molecule has 0 radical (unpaired) electrons. The van der Waals surface area contributed by atoms with Gasteiger partial charge in [0.15, 0.2) is 5.76 Å². The summed E-state index contributed by atoms with van der Waals surface area (Å²) in [5.74, 6) is 2.67. The Morgan fingerprint density at radius 3 is 2.70 bits per heavy atom. The Balaban J connectivity index is 1.51. The molecule has 0 aromatic carbocycles. The van der Waals surface area contributed by atoms with E-state index in [2.05, 4.69) is 15.0 Å². The van der Waals surface area contributed by atoms with Crippen LogP contribution in [-0.4, -0.2) is 35.2 Å². The molecule has 1 saturated carbocycles. The van der Waals surface area contributed by atoms with Gasteiger partial charge in [0.25, 0.3) is 5.89 Å². The maximum absolute atomic E-state index is 5.90. The molecule has 0 unspecified atom stereocenters. The van der Waals surface area contributed by atoms with Crippen LogP contribution in [0.3, 0.4) is 0 Å². The van der Waals surface area contributed by atoms with Crippen molar-refractivity contribution in [2.24, 2.45) is 0 Å². The summed E-state index contributed by atoms with van der Waals surface area (Å²) in [5, 5.41) is 4.15. The lowest BCUT2D eigenvalue weighted by molar-refractivity contribution is -0.0178. The molecule has 3 heterocycles. The van der Waals surface area contributed by atoms with Crippen LogP contribution in [0.5, 0.6) is 0 Å². The zero-order valence-electron chi connectivity index (χ0n) is 13.6. The Morgan fingerprint density at radius 1 is 1.17 bits per heavy atom. The molecule has 4 rings (SSSR count). The minimum atomic E-state index is -0.382. The van der Waals surface area contributed by atoms with Crippen molar-refractivity contribution in [2.45, 2.75) is 50.7 Å². The summed E-state index contributed by atoms with van der Waals surface area (Å²) < 4.78 is 17.0. The molecule has 6 heteroatoms. The van der Waals surface area contributed by atoms with Gasteiger partial charge in [-0.1, -0.05) is 5.16 Å². The average molecular weight is 317 g/mol. The van der Waals surface area contributed by atoms with Gasteiger partial charge in [-0.3, -0.25) is 4.90 Å². The van der Waals surface area contributed by atoms with Crippen LogP contribution in [0.4, 0.5) is 0 Å². The van der Waals surface area contributed by atoms with Gasteiger partial charge < -0.3 is 13.7 Å². The normalized spacial score (nSPS) is 21.3. The lowest BCUT2D eigenvalue weighted by Crippen LogP contribution is -2.25. The first-order chi connectivity index (χ1) is 11.3. The summed E-state index contributed by atoms with van der Waals surface area (Å²) >= 11 is 0. The molecule has 1 saturated heterocycles. The Labute approximate surface area is 135 Å². The van der Waals surface area contributed by atoms with E-state index >= 15 is 0 Å². The van der Waals surface area contributed by atoms with E-state index in [-0.39, 0.29) is 5.60 Å². The maximum Gasteiger partial charge on any atom is 0.293 e. The van der Waals surface area contributed by atoms with Gasteiger partial charge in [-0.25, -0.2) is 0 Å². The van der Waals surface area contributed by atoms with Crippen molar-refractivity contribution in [3.05, 3.63) is 23.7 Å². The summed E-state index contributed by atoms with van der Waals surface area (Å²) in [6.07, 6.45) is 6.72. The molecular formula is C17H23N3O3. The zero-order valence-corrected chi connectivity index (χ0v) is 13.6. The van der Waals surface area contributed by atoms with Gasteiger partial charge in [0.2, 0.25) is 5.82 Å². The second kappa shape index (κ2) is 6.09. The molecule has 23 heavy (non-hydrogen) atoms. The fourth-order valence-corrected chi connectivity index (χ4v) is 3.71. The molecule has 0 N–H and O–H groups in total. The number of methoxy groups -OCH3 is 1. The lowest BCUT2D eigenvalue weighted by atomic mass is 10.0. The van der Waals surface area contributed by atoms with Crippen molar-refractivity contribution in [3.63, 3.8) is 0 Å². The van der Waals surface area contributed by atoms with Crippen LogP contribution in [0.25, 0.3) is 11.7 Å². The molecule has 1 aliphatic carbocycles. The molecule has 0 amide bonds. The second-order valence-electron chi connectivity index (χ2n) is 6.58. The third-order valence-corrected chi connectivity index (χ3v) is 5.09. The third-order valence-electron chi connectivity index (χ3n) is 5.09. The Bertz CT molecular complexity index is 652. The van der Waals surface area contributed by atoms with Gasteiger partial charge in [-0.15, -0.1) is 0 Å². The quantitative estimate of drug-likeness (QED) is 0.842. The predicted octanol–water partition coefficient (Wildman–Crippen LogP) is 3.34. The van der Waals surface area contributed by atoms with Crippen molar-refractivity contribution in [3.8, 4) is 11.7 Å². The molecule has 0 bridgehead atoms. The van der Waals surface area contributed by atoms with Crippen LogP contribution in [-0.2, 0) is 16.9 Å². The van der Waals surface area contributed by atoms with Crippen molar-refractivity contribution in [2.75, 3.05) is 20.2 Å². The molecule has 6 nitrogen and oxygen atoms in total. The molecule has 0 spiro atoms. The van der Waals surface area contributed by atoms with Crippen molar-refractivity contribution in [1.82, 2.24) is 15.0 Å². The number of hydrogen-bond donors (Lipinski definition) is 0. The van der Waals surface area contributed by atoms with Crippen molar-refractivity contribution < 1.29 is 13.7 Å². The van der Waals surface area contributed by atoms with Crippen LogP contribution in [0, 0.1) is 0 Å². The number of furan rings is 1. The molecule has 1 aliphatic heterocycles. The standard InChI is InChI=1S/C17H23N3O3/c1-21-17(8-2-3-9-17)16-18-15(23-19-16)14-7-6-13(22-14)12-20-10-4-5-11-20/h6-7H,2-5,8-12H2,1H3. The minimum Gasteiger partial charge on any atom is -0.455 e. The molecule has 2 aromatic rings. The first-order valence-electron chi connectivity index (χ1n) is 8.50. The van der Waals surface area contributed by atoms with Crippen LogP contribution in [0.15, 0.2) is 21.1 Å². The smallest absolute Gasteiger partial charge is 0.293 e. The number of likely N-dealkylation sites (tertiary alicyclic amines) is 1. The highest BCUT2D eigenvalue weighted by Crippen LogP contribution is 2.40. The van der Waals surface area contributed by atoms with Gasteiger partial charge in [-0.05, 0) is 63.7 Å². The number of nitrogens with zero attached hydrogens (tertiary/aromatic N) is 3. The van der Waals surface area contributed by atoms with E-state index in [0.29, 0.717) is 17.5 Å². The summed E-state index contributed by atoms with van der Waals surface area (Å²) in [6.45, 7) is 3.15. The largest absolute Gasteiger partial charge is 0.455 e. The van der Waals surface area contributed by atoms with Gasteiger partial charge in [0.05, 0.1) is 6.54 Å².